The molecule has 0 aliphatic heterocycles. The molecule has 0 bridgehead atoms. The molecule has 5 nitrogen and oxygen atoms in total. The van der Waals surface area contributed by atoms with E-state index >= 15 is 0 Å². The van der Waals surface area contributed by atoms with Crippen molar-refractivity contribution in [2.24, 2.45) is 0 Å². The first-order valence-electron chi connectivity index (χ1n) is 4.78. The number of nitrogens with one attached hydrogen (secondary N) is 1. The van der Waals surface area contributed by atoms with E-state index in [1.54, 1.807) is 0 Å². The number of nitrogens with two attached hydrogens (primary N) is 1. The Morgan fingerprint density at radius 1 is 1.31 bits per heavy atom. The number of aromatic amines is 1. The molecule has 1 aromatic carbocycles. The van der Waals surface area contributed by atoms with Crippen LogP contribution in [-0.4, -0.2) is 20.2 Å². The van der Waals surface area contributed by atoms with Crippen LogP contribution in [0.25, 0.3) is 21.6 Å². The largest absolute Gasteiger partial charge is 0.375 e. The smallest absolute Gasteiger partial charge is 0.181 e. The highest BCUT2D eigenvalue weighted by atomic mass is 32.1. The molecule has 2 aromatic heterocycles. The highest BCUT2D eigenvalue weighted by Gasteiger charge is 2.06. The van der Waals surface area contributed by atoms with Gasteiger partial charge in [0.15, 0.2) is 11.0 Å². The number of aryl methyl sites for hydroxylation is 1. The van der Waals surface area contributed by atoms with Crippen molar-refractivity contribution in [3.63, 3.8) is 0 Å². The van der Waals surface area contributed by atoms with E-state index in [0.29, 0.717) is 11.0 Å². The molecule has 0 saturated heterocycles. The summed E-state index contributed by atoms with van der Waals surface area (Å²) in [5.74, 6) is 1.50. The standard InChI is InChI=1S/C10H9N5S/c1-5-12-9(15-14-5)6-2-3-7-8(4-6)16-10(11)13-7/h2-4H,1H3,(H2,11,13)(H,12,14,15). The lowest BCUT2D eigenvalue weighted by atomic mass is 10.2. The third kappa shape index (κ3) is 1.43. The number of thiazole rings is 1. The van der Waals surface area contributed by atoms with Crippen LogP contribution in [0.2, 0.25) is 0 Å². The van der Waals surface area contributed by atoms with Crippen molar-refractivity contribution < 1.29 is 0 Å². The minimum atomic E-state index is 0.582. The molecule has 80 valence electrons. The lowest BCUT2D eigenvalue weighted by Crippen LogP contribution is -1.81. The van der Waals surface area contributed by atoms with Gasteiger partial charge >= 0.3 is 0 Å². The van der Waals surface area contributed by atoms with Gasteiger partial charge in [0.25, 0.3) is 0 Å². The maximum atomic E-state index is 5.65. The Bertz CT molecular complexity index is 654. The molecular weight excluding hydrogens is 222 g/mol. The van der Waals surface area contributed by atoms with E-state index < -0.39 is 0 Å². The van der Waals surface area contributed by atoms with Crippen molar-refractivity contribution >= 4 is 26.7 Å². The van der Waals surface area contributed by atoms with E-state index in [1.165, 1.54) is 11.3 Å². The summed E-state index contributed by atoms with van der Waals surface area (Å²) < 4.78 is 1.05. The van der Waals surface area contributed by atoms with Crippen molar-refractivity contribution in [3.8, 4) is 11.4 Å². The van der Waals surface area contributed by atoms with Crippen LogP contribution in [0.4, 0.5) is 5.13 Å². The van der Waals surface area contributed by atoms with Gasteiger partial charge in [0.05, 0.1) is 10.2 Å². The van der Waals surface area contributed by atoms with Crippen LogP contribution >= 0.6 is 11.3 Å². The molecule has 0 spiro atoms. The molecule has 0 aliphatic rings. The van der Waals surface area contributed by atoms with Crippen LogP contribution in [-0.2, 0) is 0 Å². The fraction of sp³-hybridized carbons (Fsp3) is 0.100. The Labute approximate surface area is 95.4 Å². The van der Waals surface area contributed by atoms with Crippen LogP contribution < -0.4 is 5.73 Å². The van der Waals surface area contributed by atoms with Gasteiger partial charge in [-0.05, 0) is 25.1 Å². The van der Waals surface area contributed by atoms with Gasteiger partial charge in [-0.15, -0.1) is 0 Å². The minimum absolute atomic E-state index is 0.582. The van der Waals surface area contributed by atoms with Gasteiger partial charge in [-0.3, -0.25) is 5.10 Å². The fourth-order valence-corrected chi connectivity index (χ4v) is 2.33. The first kappa shape index (κ1) is 9.29. The number of anilines is 1. The molecule has 0 aliphatic carbocycles. The van der Waals surface area contributed by atoms with Crippen LogP contribution in [0.1, 0.15) is 5.82 Å². The second-order valence-corrected chi connectivity index (χ2v) is 4.54. The summed E-state index contributed by atoms with van der Waals surface area (Å²) >= 11 is 1.47. The number of H-pyrrole nitrogens is 1. The summed E-state index contributed by atoms with van der Waals surface area (Å²) in [7, 11) is 0. The van der Waals surface area contributed by atoms with E-state index in [9.17, 15) is 0 Å². The van der Waals surface area contributed by atoms with E-state index in [2.05, 4.69) is 20.2 Å². The number of rotatable bonds is 1. The molecule has 0 amide bonds. The van der Waals surface area contributed by atoms with E-state index in [4.69, 9.17) is 5.73 Å². The number of benzene rings is 1. The summed E-state index contributed by atoms with van der Waals surface area (Å²) in [6.07, 6.45) is 0. The van der Waals surface area contributed by atoms with Crippen molar-refractivity contribution in [2.45, 2.75) is 6.92 Å². The molecule has 0 atom stereocenters. The highest BCUT2D eigenvalue weighted by molar-refractivity contribution is 7.22. The number of nitrogen functional groups attached to an aromatic ring is 1. The van der Waals surface area contributed by atoms with Crippen molar-refractivity contribution in [1.29, 1.82) is 0 Å². The first-order valence-corrected chi connectivity index (χ1v) is 5.59. The monoisotopic (exact) mass is 231 g/mol. The van der Waals surface area contributed by atoms with E-state index in [-0.39, 0.29) is 0 Å². The number of nitrogens with zero attached hydrogens (tertiary/aromatic N) is 3. The summed E-state index contributed by atoms with van der Waals surface area (Å²) in [5, 5.41) is 7.52. The Balaban J connectivity index is 2.17. The molecule has 0 fully saturated rings. The molecule has 0 unspecified atom stereocenters. The molecule has 6 heteroatoms. The Kier molecular flexibility index (Phi) is 1.90. The molecule has 16 heavy (non-hydrogen) atoms. The number of hydrogen-bond acceptors (Lipinski definition) is 5. The van der Waals surface area contributed by atoms with Crippen molar-refractivity contribution in [1.82, 2.24) is 20.2 Å². The maximum absolute atomic E-state index is 5.65. The SMILES string of the molecule is Cc1nc(-c2ccc3nc(N)sc3c2)n[nH]1. The zero-order valence-electron chi connectivity index (χ0n) is 8.56. The van der Waals surface area contributed by atoms with Gasteiger partial charge in [0, 0.05) is 5.56 Å². The quantitative estimate of drug-likeness (QED) is 0.671. The second kappa shape index (κ2) is 3.28. The average Bonchev–Trinajstić information content (AvgIpc) is 2.81. The predicted octanol–water partition coefficient (Wildman–Crippen LogP) is 1.97. The molecule has 0 radical (unpaired) electrons. The van der Waals surface area contributed by atoms with Gasteiger partial charge in [-0.1, -0.05) is 11.3 Å². The number of fused-ring (bicyclic) bond motifs is 1. The molecule has 3 aromatic rings. The summed E-state index contributed by atoms with van der Waals surface area (Å²) in [6, 6.07) is 5.89. The highest BCUT2D eigenvalue weighted by Crippen LogP contribution is 2.27. The summed E-state index contributed by atoms with van der Waals surface area (Å²) in [4.78, 5) is 8.48. The van der Waals surface area contributed by atoms with Crippen LogP contribution in [0.3, 0.4) is 0 Å². The molecule has 2 heterocycles. The first-order chi connectivity index (χ1) is 7.72. The van der Waals surface area contributed by atoms with Crippen molar-refractivity contribution in [3.05, 3.63) is 24.0 Å². The summed E-state index contributed by atoms with van der Waals surface area (Å²) in [5.41, 5.74) is 7.54. The Morgan fingerprint density at radius 3 is 2.94 bits per heavy atom. The second-order valence-electron chi connectivity index (χ2n) is 3.48. The fourth-order valence-electron chi connectivity index (χ4n) is 1.55. The molecule has 0 saturated carbocycles. The topological polar surface area (TPSA) is 80.5 Å². The number of hydrogen-bond donors (Lipinski definition) is 2. The lowest BCUT2D eigenvalue weighted by molar-refractivity contribution is 1.04. The third-order valence-corrected chi connectivity index (χ3v) is 3.11. The maximum Gasteiger partial charge on any atom is 0.181 e. The summed E-state index contributed by atoms with van der Waals surface area (Å²) in [6.45, 7) is 1.87. The van der Waals surface area contributed by atoms with Gasteiger partial charge in [-0.25, -0.2) is 9.97 Å². The normalized spacial score (nSPS) is 11.1. The minimum Gasteiger partial charge on any atom is -0.375 e. The average molecular weight is 231 g/mol. The van der Waals surface area contributed by atoms with Crippen LogP contribution in [0.5, 0.6) is 0 Å². The lowest BCUT2D eigenvalue weighted by Gasteiger charge is -1.93. The molecule has 3 rings (SSSR count). The predicted molar refractivity (Wildman–Crippen MR) is 64.1 cm³/mol. The molecule has 3 N–H and O–H groups in total. The van der Waals surface area contributed by atoms with Crippen molar-refractivity contribution in [2.75, 3.05) is 5.73 Å². The number of aromatic nitrogens is 4. The molecular formula is C10H9N5S. The van der Waals surface area contributed by atoms with Crippen LogP contribution in [0.15, 0.2) is 18.2 Å². The third-order valence-electron chi connectivity index (χ3n) is 2.26. The van der Waals surface area contributed by atoms with Gasteiger partial charge in [-0.2, -0.15) is 5.10 Å². The van der Waals surface area contributed by atoms with E-state index in [1.807, 2.05) is 25.1 Å². The van der Waals surface area contributed by atoms with E-state index in [0.717, 1.165) is 21.6 Å². The van der Waals surface area contributed by atoms with Gasteiger partial charge in [0.1, 0.15) is 5.82 Å². The van der Waals surface area contributed by atoms with Gasteiger partial charge < -0.3 is 5.73 Å². The zero-order chi connectivity index (χ0) is 11.1. The zero-order valence-corrected chi connectivity index (χ0v) is 9.38. The Hall–Kier alpha value is -1.95. The van der Waals surface area contributed by atoms with Gasteiger partial charge in [0.2, 0.25) is 0 Å². The van der Waals surface area contributed by atoms with Crippen LogP contribution in [0, 0.1) is 6.92 Å². The Morgan fingerprint density at radius 2 is 2.19 bits per heavy atom.